The Hall–Kier alpha value is -1.30. The van der Waals surface area contributed by atoms with Crippen LogP contribution in [0.25, 0.3) is 0 Å². The molecule has 0 amide bonds. The predicted octanol–water partition coefficient (Wildman–Crippen LogP) is 15.2. The van der Waals surface area contributed by atoms with Crippen molar-refractivity contribution < 1.29 is 39.5 Å². The van der Waals surface area contributed by atoms with Crippen LogP contribution in [0.4, 0.5) is 0 Å². The van der Waals surface area contributed by atoms with E-state index in [1.807, 2.05) is 13.8 Å². The minimum Gasteiger partial charge on any atom is -0.466 e. The molecule has 0 radical (unpaired) electrons. The van der Waals surface area contributed by atoms with Gasteiger partial charge in [0.25, 0.3) is 0 Å². The SMILES string of the molecule is CCCCCCCCCCC(O)CN(CCCOC(=O)CC(C)(CC)CC(=O)OCCCN(CC(O)CCCCCCCCCC)CC(O)CCCCCCCCCC)CC(O)CCCCCCCCCC. The van der Waals surface area contributed by atoms with Gasteiger partial charge in [-0.1, -0.05) is 247 Å². The standard InChI is InChI=1S/C62H124N2O8/c1-7-12-16-20-24-28-32-36-42-56(65)52-63(53-57(66)43-37-33-29-25-21-17-13-8-2)46-40-48-71-60(69)50-62(6,11-5)51-61(70)72-49-41-47-64(54-58(67)44-38-34-30-26-22-18-14-9-3)55-59(68)45-39-35-31-27-23-19-15-10-4/h56-59,65-68H,7-55H2,1-6H3. The second-order valence-corrected chi connectivity index (χ2v) is 22.9. The number of hydrogen-bond donors (Lipinski definition) is 4. The first-order valence-corrected chi connectivity index (χ1v) is 31.4. The van der Waals surface area contributed by atoms with Crippen molar-refractivity contribution in [3.8, 4) is 0 Å². The lowest BCUT2D eigenvalue weighted by molar-refractivity contribution is -0.150. The predicted molar refractivity (Wildman–Crippen MR) is 305 cm³/mol. The first-order chi connectivity index (χ1) is 34.9. The zero-order valence-electron chi connectivity index (χ0n) is 48.8. The highest BCUT2D eigenvalue weighted by Gasteiger charge is 2.30. The Morgan fingerprint density at radius 1 is 0.361 bits per heavy atom. The van der Waals surface area contributed by atoms with Crippen LogP contribution >= 0.6 is 0 Å². The molecule has 0 aromatic rings. The topological polar surface area (TPSA) is 140 Å². The van der Waals surface area contributed by atoms with Crippen molar-refractivity contribution in [3.05, 3.63) is 0 Å². The lowest BCUT2D eigenvalue weighted by Crippen LogP contribution is -2.39. The highest BCUT2D eigenvalue weighted by Crippen LogP contribution is 2.31. The lowest BCUT2D eigenvalue weighted by atomic mass is 9.81. The third-order valence-electron chi connectivity index (χ3n) is 15.2. The molecule has 0 aromatic heterocycles. The van der Waals surface area contributed by atoms with E-state index in [0.29, 0.717) is 58.5 Å². The van der Waals surface area contributed by atoms with Gasteiger partial charge in [0.05, 0.1) is 50.5 Å². The Kier molecular flexibility index (Phi) is 50.9. The fourth-order valence-electron chi connectivity index (χ4n) is 10.2. The number of hydrogen-bond acceptors (Lipinski definition) is 10. The summed E-state index contributed by atoms with van der Waals surface area (Å²) >= 11 is 0. The largest absolute Gasteiger partial charge is 0.466 e. The number of rotatable bonds is 57. The number of aliphatic hydroxyl groups is 4. The first kappa shape index (κ1) is 70.7. The van der Waals surface area contributed by atoms with E-state index in [0.717, 1.165) is 77.0 Å². The average molecular weight is 1030 g/mol. The van der Waals surface area contributed by atoms with Crippen LogP contribution in [0.1, 0.15) is 305 Å². The van der Waals surface area contributed by atoms with E-state index < -0.39 is 29.8 Å². The number of carbonyl (C=O) groups is 2. The zero-order valence-corrected chi connectivity index (χ0v) is 48.8. The molecule has 0 aromatic carbocycles. The van der Waals surface area contributed by atoms with Gasteiger partial charge in [0, 0.05) is 39.3 Å². The van der Waals surface area contributed by atoms with Gasteiger partial charge in [0.15, 0.2) is 0 Å². The third-order valence-corrected chi connectivity index (χ3v) is 15.2. The molecule has 0 aliphatic rings. The van der Waals surface area contributed by atoms with E-state index in [-0.39, 0.29) is 38.0 Å². The van der Waals surface area contributed by atoms with Crippen LogP contribution in [0.2, 0.25) is 0 Å². The van der Waals surface area contributed by atoms with Gasteiger partial charge in [-0.3, -0.25) is 19.4 Å². The maximum Gasteiger partial charge on any atom is 0.306 e. The van der Waals surface area contributed by atoms with Crippen LogP contribution in [-0.2, 0) is 19.1 Å². The van der Waals surface area contributed by atoms with Gasteiger partial charge < -0.3 is 29.9 Å². The van der Waals surface area contributed by atoms with Crippen LogP contribution in [-0.4, -0.2) is 119 Å². The van der Waals surface area contributed by atoms with Gasteiger partial charge in [-0.15, -0.1) is 0 Å². The number of esters is 2. The minimum atomic E-state index is -0.593. The molecule has 0 saturated heterocycles. The van der Waals surface area contributed by atoms with Gasteiger partial charge >= 0.3 is 11.9 Å². The van der Waals surface area contributed by atoms with E-state index >= 15 is 0 Å². The number of aliphatic hydroxyl groups excluding tert-OH is 4. The number of ether oxygens (including phenoxy) is 2. The molecule has 430 valence electrons. The first-order valence-electron chi connectivity index (χ1n) is 31.4. The van der Waals surface area contributed by atoms with Crippen LogP contribution < -0.4 is 0 Å². The fourth-order valence-corrected chi connectivity index (χ4v) is 10.2. The molecule has 4 atom stereocenters. The molecule has 0 spiro atoms. The van der Waals surface area contributed by atoms with E-state index in [2.05, 4.69) is 37.5 Å². The minimum absolute atomic E-state index is 0.123. The monoisotopic (exact) mass is 1020 g/mol. The van der Waals surface area contributed by atoms with E-state index in [9.17, 15) is 30.0 Å². The average Bonchev–Trinajstić information content (AvgIpc) is 3.34. The summed E-state index contributed by atoms with van der Waals surface area (Å²) in [7, 11) is 0. The molecule has 4 N–H and O–H groups in total. The fraction of sp³-hybridized carbons (Fsp3) is 0.968. The Morgan fingerprint density at radius 3 is 0.806 bits per heavy atom. The smallest absolute Gasteiger partial charge is 0.306 e. The molecular formula is C62H124N2O8. The second kappa shape index (κ2) is 51.8. The summed E-state index contributed by atoms with van der Waals surface area (Å²) in [6.07, 6.45) is 42.7. The van der Waals surface area contributed by atoms with E-state index in [1.165, 1.54) is 154 Å². The van der Waals surface area contributed by atoms with E-state index in [4.69, 9.17) is 9.47 Å². The summed E-state index contributed by atoms with van der Waals surface area (Å²) in [5.74, 6) is -0.648. The quantitative estimate of drug-likeness (QED) is 0.0344. The van der Waals surface area contributed by atoms with Crippen LogP contribution in [0.5, 0.6) is 0 Å². The number of nitrogens with zero attached hydrogens (tertiary/aromatic N) is 2. The number of unbranched alkanes of at least 4 members (excludes halogenated alkanes) is 28. The van der Waals surface area contributed by atoms with Crippen LogP contribution in [0.15, 0.2) is 0 Å². The maximum absolute atomic E-state index is 13.2. The van der Waals surface area contributed by atoms with Crippen molar-refractivity contribution in [2.45, 2.75) is 329 Å². The van der Waals surface area contributed by atoms with Gasteiger partial charge in [0.1, 0.15) is 0 Å². The molecule has 0 aliphatic carbocycles. The van der Waals surface area contributed by atoms with Crippen molar-refractivity contribution in [1.29, 1.82) is 0 Å². The molecular weight excluding hydrogens is 901 g/mol. The van der Waals surface area contributed by atoms with Crippen molar-refractivity contribution in [2.24, 2.45) is 5.41 Å². The van der Waals surface area contributed by atoms with Crippen molar-refractivity contribution in [2.75, 3.05) is 52.5 Å². The van der Waals surface area contributed by atoms with E-state index in [1.54, 1.807) is 0 Å². The van der Waals surface area contributed by atoms with Crippen molar-refractivity contribution >= 4 is 11.9 Å². The summed E-state index contributed by atoms with van der Waals surface area (Å²) in [4.78, 5) is 30.7. The molecule has 0 aliphatic heterocycles. The highest BCUT2D eigenvalue weighted by molar-refractivity contribution is 5.74. The van der Waals surface area contributed by atoms with Gasteiger partial charge in [-0.25, -0.2) is 0 Å². The van der Waals surface area contributed by atoms with Gasteiger partial charge in [-0.2, -0.15) is 0 Å². The molecule has 10 nitrogen and oxygen atoms in total. The van der Waals surface area contributed by atoms with Crippen molar-refractivity contribution in [3.63, 3.8) is 0 Å². The molecule has 0 heterocycles. The van der Waals surface area contributed by atoms with Crippen LogP contribution in [0, 0.1) is 5.41 Å². The Balaban J connectivity index is 5.04. The summed E-state index contributed by atoms with van der Waals surface area (Å²) in [6.45, 7) is 16.7. The maximum atomic E-state index is 13.2. The summed E-state index contributed by atoms with van der Waals surface area (Å²) in [6, 6.07) is 0. The van der Waals surface area contributed by atoms with Gasteiger partial charge in [-0.05, 0) is 50.4 Å². The number of carbonyl (C=O) groups excluding carboxylic acids is 2. The summed E-state index contributed by atoms with van der Waals surface area (Å²) in [5.41, 5.74) is -0.593. The normalized spacial score (nSPS) is 14.4. The lowest BCUT2D eigenvalue weighted by Gasteiger charge is -2.28. The van der Waals surface area contributed by atoms with Crippen molar-refractivity contribution in [1.82, 2.24) is 9.80 Å². The molecule has 10 heteroatoms. The molecule has 72 heavy (non-hydrogen) atoms. The van der Waals surface area contributed by atoms with Gasteiger partial charge in [0.2, 0.25) is 0 Å². The summed E-state index contributed by atoms with van der Waals surface area (Å²) in [5, 5.41) is 44.1. The highest BCUT2D eigenvalue weighted by atomic mass is 16.5. The molecule has 4 unspecified atom stereocenters. The second-order valence-electron chi connectivity index (χ2n) is 22.9. The Bertz CT molecular complexity index is 1020. The zero-order chi connectivity index (χ0) is 53.2. The Morgan fingerprint density at radius 2 is 0.583 bits per heavy atom. The molecule has 0 fully saturated rings. The third kappa shape index (κ3) is 47.2. The van der Waals surface area contributed by atoms with Crippen LogP contribution in [0.3, 0.4) is 0 Å². The molecule has 0 bridgehead atoms. The molecule has 0 rings (SSSR count). The molecule has 0 saturated carbocycles. The Labute approximate surface area is 446 Å². The summed E-state index contributed by atoms with van der Waals surface area (Å²) < 4.78 is 11.5.